The lowest BCUT2D eigenvalue weighted by atomic mass is 9.82. The van der Waals surface area contributed by atoms with E-state index in [2.05, 4.69) is 15.6 Å². The Morgan fingerprint density at radius 1 is 1.24 bits per heavy atom. The summed E-state index contributed by atoms with van der Waals surface area (Å²) in [7, 11) is 0. The second kappa shape index (κ2) is 7.66. The third kappa shape index (κ3) is 5.09. The molecule has 21 heavy (non-hydrogen) atoms. The van der Waals surface area contributed by atoms with Crippen LogP contribution in [-0.4, -0.2) is 39.7 Å². The molecule has 0 saturated heterocycles. The summed E-state index contributed by atoms with van der Waals surface area (Å²) in [6.07, 6.45) is 8.42. The SMILES string of the molecule is O=C(NCCn1ccnc1)NCC1CCC(C(=O)O)CC1. The quantitative estimate of drug-likeness (QED) is 0.731. The minimum atomic E-state index is -0.696. The molecule has 0 spiro atoms. The maximum atomic E-state index is 11.6. The molecule has 0 aliphatic heterocycles. The van der Waals surface area contributed by atoms with Gasteiger partial charge in [-0.2, -0.15) is 0 Å². The van der Waals surface area contributed by atoms with Crippen molar-refractivity contribution in [3.05, 3.63) is 18.7 Å². The number of carbonyl (C=O) groups excluding carboxylic acids is 1. The zero-order valence-electron chi connectivity index (χ0n) is 12.0. The number of carboxylic acid groups (broad SMARTS) is 1. The highest BCUT2D eigenvalue weighted by Crippen LogP contribution is 2.28. The van der Waals surface area contributed by atoms with E-state index in [9.17, 15) is 9.59 Å². The second-order valence-electron chi connectivity index (χ2n) is 5.49. The molecule has 1 aliphatic rings. The summed E-state index contributed by atoms with van der Waals surface area (Å²) in [5.41, 5.74) is 0. The third-order valence-corrected chi connectivity index (χ3v) is 3.96. The van der Waals surface area contributed by atoms with Gasteiger partial charge in [-0.1, -0.05) is 0 Å². The molecule has 7 nitrogen and oxygen atoms in total. The number of aliphatic carboxylic acids is 1. The standard InChI is InChI=1S/C14H22N4O3/c19-13(20)12-3-1-11(2-4-12)9-17-14(21)16-6-8-18-7-5-15-10-18/h5,7,10-12H,1-4,6,8-9H2,(H,19,20)(H2,16,17,21). The first kappa shape index (κ1) is 15.3. The van der Waals surface area contributed by atoms with Crippen LogP contribution in [-0.2, 0) is 11.3 Å². The van der Waals surface area contributed by atoms with E-state index in [1.807, 2.05) is 10.8 Å². The Morgan fingerprint density at radius 3 is 2.62 bits per heavy atom. The predicted molar refractivity (Wildman–Crippen MR) is 76.7 cm³/mol. The van der Waals surface area contributed by atoms with E-state index in [0.29, 0.717) is 38.4 Å². The number of rotatable bonds is 6. The van der Waals surface area contributed by atoms with E-state index in [1.54, 1.807) is 12.5 Å². The van der Waals surface area contributed by atoms with E-state index in [0.717, 1.165) is 12.8 Å². The molecular formula is C14H22N4O3. The number of carbonyl (C=O) groups is 2. The van der Waals surface area contributed by atoms with Crippen LogP contribution in [0.1, 0.15) is 25.7 Å². The topological polar surface area (TPSA) is 96.3 Å². The molecule has 0 unspecified atom stereocenters. The summed E-state index contributed by atoms with van der Waals surface area (Å²) in [5, 5.41) is 14.6. The number of hydrogen-bond acceptors (Lipinski definition) is 3. The van der Waals surface area contributed by atoms with Crippen LogP contribution in [0.5, 0.6) is 0 Å². The average molecular weight is 294 g/mol. The fourth-order valence-corrected chi connectivity index (χ4v) is 2.63. The van der Waals surface area contributed by atoms with Gasteiger partial charge in [0.2, 0.25) is 0 Å². The first-order chi connectivity index (χ1) is 10.1. The Hall–Kier alpha value is -2.05. The van der Waals surface area contributed by atoms with Gasteiger partial charge in [0.25, 0.3) is 0 Å². The molecule has 2 rings (SSSR count). The van der Waals surface area contributed by atoms with Gasteiger partial charge in [0.1, 0.15) is 0 Å². The van der Waals surface area contributed by atoms with Gasteiger partial charge in [-0.3, -0.25) is 4.79 Å². The highest BCUT2D eigenvalue weighted by Gasteiger charge is 2.25. The zero-order valence-corrected chi connectivity index (χ0v) is 12.0. The van der Waals surface area contributed by atoms with Gasteiger partial charge in [-0.05, 0) is 31.6 Å². The van der Waals surface area contributed by atoms with E-state index >= 15 is 0 Å². The number of hydrogen-bond donors (Lipinski definition) is 3. The molecule has 0 atom stereocenters. The van der Waals surface area contributed by atoms with Gasteiger partial charge in [0.05, 0.1) is 12.2 Å². The summed E-state index contributed by atoms with van der Waals surface area (Å²) < 4.78 is 1.90. The highest BCUT2D eigenvalue weighted by atomic mass is 16.4. The third-order valence-electron chi connectivity index (χ3n) is 3.96. The lowest BCUT2D eigenvalue weighted by Gasteiger charge is -2.26. The normalized spacial score (nSPS) is 21.7. The van der Waals surface area contributed by atoms with Gasteiger partial charge in [0, 0.05) is 32.0 Å². The van der Waals surface area contributed by atoms with Crippen molar-refractivity contribution in [2.45, 2.75) is 32.2 Å². The van der Waals surface area contributed by atoms with Gasteiger partial charge in [0.15, 0.2) is 0 Å². The van der Waals surface area contributed by atoms with Crippen molar-refractivity contribution in [3.63, 3.8) is 0 Å². The average Bonchev–Trinajstić information content (AvgIpc) is 2.99. The van der Waals surface area contributed by atoms with Crippen LogP contribution in [0.4, 0.5) is 4.79 Å². The molecule has 1 aromatic heterocycles. The van der Waals surface area contributed by atoms with E-state index < -0.39 is 5.97 Å². The van der Waals surface area contributed by atoms with Crippen molar-refractivity contribution in [1.29, 1.82) is 0 Å². The summed E-state index contributed by atoms with van der Waals surface area (Å²) >= 11 is 0. The van der Waals surface area contributed by atoms with Crippen LogP contribution in [0.3, 0.4) is 0 Å². The lowest BCUT2D eigenvalue weighted by molar-refractivity contribution is -0.143. The van der Waals surface area contributed by atoms with Crippen molar-refractivity contribution in [1.82, 2.24) is 20.2 Å². The summed E-state index contributed by atoms with van der Waals surface area (Å²) in [5.74, 6) is -0.510. The Balaban J connectivity index is 1.56. The highest BCUT2D eigenvalue weighted by molar-refractivity contribution is 5.73. The number of nitrogens with one attached hydrogen (secondary N) is 2. The van der Waals surface area contributed by atoms with Crippen LogP contribution in [0, 0.1) is 11.8 Å². The van der Waals surface area contributed by atoms with Gasteiger partial charge < -0.3 is 20.3 Å². The molecule has 7 heteroatoms. The molecular weight excluding hydrogens is 272 g/mol. The molecule has 1 aliphatic carbocycles. The fraction of sp³-hybridized carbons (Fsp3) is 0.643. The first-order valence-corrected chi connectivity index (χ1v) is 7.35. The number of imidazole rings is 1. The number of carboxylic acids is 1. The number of urea groups is 1. The number of amides is 2. The van der Waals surface area contributed by atoms with Crippen LogP contribution in [0.25, 0.3) is 0 Å². The van der Waals surface area contributed by atoms with E-state index in [4.69, 9.17) is 5.11 Å². The monoisotopic (exact) mass is 294 g/mol. The van der Waals surface area contributed by atoms with Gasteiger partial charge in [-0.25, -0.2) is 9.78 Å². The lowest BCUT2D eigenvalue weighted by Crippen LogP contribution is -2.40. The molecule has 1 aromatic rings. The molecule has 3 N–H and O–H groups in total. The predicted octanol–water partition coefficient (Wildman–Crippen LogP) is 1.07. The summed E-state index contributed by atoms with van der Waals surface area (Å²) in [4.78, 5) is 26.4. The van der Waals surface area contributed by atoms with E-state index in [1.165, 1.54) is 0 Å². The van der Waals surface area contributed by atoms with Crippen molar-refractivity contribution in [3.8, 4) is 0 Å². The Kier molecular flexibility index (Phi) is 5.59. The Morgan fingerprint density at radius 2 is 2.00 bits per heavy atom. The Labute approximate surface area is 123 Å². The molecule has 0 aromatic carbocycles. The second-order valence-corrected chi connectivity index (χ2v) is 5.49. The molecule has 1 fully saturated rings. The maximum Gasteiger partial charge on any atom is 0.314 e. The van der Waals surface area contributed by atoms with Crippen LogP contribution in [0.15, 0.2) is 18.7 Å². The van der Waals surface area contributed by atoms with Crippen LogP contribution in [0.2, 0.25) is 0 Å². The molecule has 1 heterocycles. The largest absolute Gasteiger partial charge is 0.481 e. The molecule has 1 saturated carbocycles. The van der Waals surface area contributed by atoms with Crippen LogP contribution < -0.4 is 10.6 Å². The molecule has 116 valence electrons. The molecule has 0 bridgehead atoms. The Bertz CT molecular complexity index is 453. The van der Waals surface area contributed by atoms with Crippen molar-refractivity contribution >= 4 is 12.0 Å². The minimum Gasteiger partial charge on any atom is -0.481 e. The van der Waals surface area contributed by atoms with Crippen LogP contribution >= 0.6 is 0 Å². The minimum absolute atomic E-state index is 0.171. The van der Waals surface area contributed by atoms with Gasteiger partial charge in [-0.15, -0.1) is 0 Å². The fourth-order valence-electron chi connectivity index (χ4n) is 2.63. The van der Waals surface area contributed by atoms with Crippen molar-refractivity contribution in [2.75, 3.05) is 13.1 Å². The number of aromatic nitrogens is 2. The molecule has 0 radical (unpaired) electrons. The maximum absolute atomic E-state index is 11.6. The zero-order chi connectivity index (χ0) is 15.1. The first-order valence-electron chi connectivity index (χ1n) is 7.35. The van der Waals surface area contributed by atoms with Gasteiger partial charge >= 0.3 is 12.0 Å². The molecule has 2 amide bonds. The van der Waals surface area contributed by atoms with Crippen molar-refractivity contribution in [2.24, 2.45) is 11.8 Å². The number of nitrogens with zero attached hydrogens (tertiary/aromatic N) is 2. The van der Waals surface area contributed by atoms with E-state index in [-0.39, 0.29) is 11.9 Å². The summed E-state index contributed by atoms with van der Waals surface area (Å²) in [6.45, 7) is 1.86. The smallest absolute Gasteiger partial charge is 0.314 e. The summed E-state index contributed by atoms with van der Waals surface area (Å²) in [6, 6.07) is -0.171. The van der Waals surface area contributed by atoms with Crippen molar-refractivity contribution < 1.29 is 14.7 Å².